The number of hydrogen-bond acceptors (Lipinski definition) is 6. The standard InChI is InChI=1S/C5H8N4O2S/c1-3-8-9-5(11-3)12-2-4(10)7-6/h2,6H2,1H3,(H,7,10). The van der Waals surface area contributed by atoms with E-state index in [2.05, 4.69) is 10.2 Å². The molecule has 0 aromatic carbocycles. The molecule has 0 atom stereocenters. The van der Waals surface area contributed by atoms with Crippen molar-refractivity contribution in [3.63, 3.8) is 0 Å². The quantitative estimate of drug-likeness (QED) is 0.286. The van der Waals surface area contributed by atoms with Crippen LogP contribution in [0.3, 0.4) is 0 Å². The molecular weight excluding hydrogens is 180 g/mol. The maximum Gasteiger partial charge on any atom is 0.277 e. The van der Waals surface area contributed by atoms with Gasteiger partial charge >= 0.3 is 0 Å². The van der Waals surface area contributed by atoms with Crippen molar-refractivity contribution in [2.45, 2.75) is 12.1 Å². The average molecular weight is 188 g/mol. The van der Waals surface area contributed by atoms with Crippen molar-refractivity contribution in [3.8, 4) is 0 Å². The van der Waals surface area contributed by atoms with Gasteiger partial charge in [-0.1, -0.05) is 11.8 Å². The van der Waals surface area contributed by atoms with Gasteiger partial charge in [-0.2, -0.15) is 0 Å². The lowest BCUT2D eigenvalue weighted by molar-refractivity contribution is -0.118. The molecular formula is C5H8N4O2S. The van der Waals surface area contributed by atoms with E-state index >= 15 is 0 Å². The topological polar surface area (TPSA) is 94.0 Å². The van der Waals surface area contributed by atoms with Gasteiger partial charge in [0.05, 0.1) is 5.75 Å². The van der Waals surface area contributed by atoms with E-state index in [-0.39, 0.29) is 11.7 Å². The Morgan fingerprint density at radius 3 is 3.00 bits per heavy atom. The number of carbonyl (C=O) groups is 1. The molecule has 0 aliphatic rings. The van der Waals surface area contributed by atoms with Crippen molar-refractivity contribution in [2.75, 3.05) is 5.75 Å². The van der Waals surface area contributed by atoms with E-state index in [1.165, 1.54) is 0 Å². The molecule has 1 amide bonds. The molecule has 0 saturated heterocycles. The van der Waals surface area contributed by atoms with Crippen LogP contribution in [0.2, 0.25) is 0 Å². The first kappa shape index (κ1) is 9.01. The minimum absolute atomic E-state index is 0.179. The molecule has 0 unspecified atom stereocenters. The number of nitrogens with two attached hydrogens (primary N) is 1. The summed E-state index contributed by atoms with van der Waals surface area (Å²) < 4.78 is 5.00. The lowest BCUT2D eigenvalue weighted by Crippen LogP contribution is -2.31. The molecule has 1 aromatic rings. The summed E-state index contributed by atoms with van der Waals surface area (Å²) in [5.41, 5.74) is 1.99. The number of amides is 1. The van der Waals surface area contributed by atoms with Crippen LogP contribution in [0.5, 0.6) is 0 Å². The summed E-state index contributed by atoms with van der Waals surface area (Å²) in [7, 11) is 0. The number of aryl methyl sites for hydroxylation is 1. The molecule has 0 bridgehead atoms. The molecule has 0 aliphatic carbocycles. The number of thioether (sulfide) groups is 1. The summed E-state index contributed by atoms with van der Waals surface area (Å²) >= 11 is 1.14. The summed E-state index contributed by atoms with van der Waals surface area (Å²) in [4.78, 5) is 10.6. The van der Waals surface area contributed by atoms with E-state index in [9.17, 15) is 4.79 Å². The minimum Gasteiger partial charge on any atom is -0.416 e. The molecule has 1 aromatic heterocycles. The molecule has 0 aliphatic heterocycles. The van der Waals surface area contributed by atoms with E-state index in [0.29, 0.717) is 11.1 Å². The van der Waals surface area contributed by atoms with Gasteiger partial charge in [-0.3, -0.25) is 10.2 Å². The Hall–Kier alpha value is -1.08. The molecule has 7 heteroatoms. The second-order valence-electron chi connectivity index (χ2n) is 1.94. The number of aromatic nitrogens is 2. The lowest BCUT2D eigenvalue weighted by Gasteiger charge is -1.93. The van der Waals surface area contributed by atoms with Crippen LogP contribution in [0.1, 0.15) is 5.89 Å². The van der Waals surface area contributed by atoms with Gasteiger partial charge in [0.25, 0.3) is 5.22 Å². The van der Waals surface area contributed by atoms with Crippen LogP contribution in [-0.4, -0.2) is 21.9 Å². The molecule has 0 saturated carbocycles. The van der Waals surface area contributed by atoms with E-state index in [4.69, 9.17) is 10.3 Å². The summed E-state index contributed by atoms with van der Waals surface area (Å²) in [5, 5.41) is 7.64. The number of hydrogen-bond donors (Lipinski definition) is 2. The number of nitrogens with zero attached hydrogens (tertiary/aromatic N) is 2. The fourth-order valence-corrected chi connectivity index (χ4v) is 1.12. The smallest absolute Gasteiger partial charge is 0.277 e. The van der Waals surface area contributed by atoms with Crippen molar-refractivity contribution in [1.29, 1.82) is 0 Å². The molecule has 3 N–H and O–H groups in total. The predicted molar refractivity (Wildman–Crippen MR) is 42.1 cm³/mol. The van der Waals surface area contributed by atoms with Gasteiger partial charge in [-0.05, 0) is 0 Å². The maximum atomic E-state index is 10.6. The number of nitrogens with one attached hydrogen (secondary N) is 1. The third-order valence-corrected chi connectivity index (χ3v) is 1.81. The van der Waals surface area contributed by atoms with Gasteiger partial charge in [0, 0.05) is 6.92 Å². The van der Waals surface area contributed by atoms with E-state index < -0.39 is 0 Å². The predicted octanol–water partition coefficient (Wildman–Crippen LogP) is -0.540. The molecule has 0 fully saturated rings. The van der Waals surface area contributed by atoms with Crippen molar-refractivity contribution in [3.05, 3.63) is 5.89 Å². The fourth-order valence-electron chi connectivity index (χ4n) is 0.506. The van der Waals surface area contributed by atoms with Crippen LogP contribution < -0.4 is 11.3 Å². The third-order valence-electron chi connectivity index (χ3n) is 0.995. The number of rotatable bonds is 3. The SMILES string of the molecule is Cc1nnc(SCC(=O)NN)o1. The largest absolute Gasteiger partial charge is 0.416 e. The van der Waals surface area contributed by atoms with Gasteiger partial charge < -0.3 is 4.42 Å². The minimum atomic E-state index is -0.282. The number of carbonyl (C=O) groups excluding carboxylic acids is 1. The highest BCUT2D eigenvalue weighted by Crippen LogP contribution is 2.14. The zero-order chi connectivity index (χ0) is 8.97. The highest BCUT2D eigenvalue weighted by atomic mass is 32.2. The second kappa shape index (κ2) is 4.07. The monoisotopic (exact) mass is 188 g/mol. The Labute approximate surface area is 72.9 Å². The van der Waals surface area contributed by atoms with Crippen molar-refractivity contribution in [1.82, 2.24) is 15.6 Å². The number of hydrazine groups is 1. The molecule has 0 radical (unpaired) electrons. The van der Waals surface area contributed by atoms with Gasteiger partial charge in [0.15, 0.2) is 0 Å². The first-order chi connectivity index (χ1) is 5.72. The molecule has 6 nitrogen and oxygen atoms in total. The fraction of sp³-hybridized carbons (Fsp3) is 0.400. The van der Waals surface area contributed by atoms with Crippen LogP contribution in [-0.2, 0) is 4.79 Å². The maximum absolute atomic E-state index is 10.6. The summed E-state index contributed by atoms with van der Waals surface area (Å²) in [6.45, 7) is 1.68. The van der Waals surface area contributed by atoms with Crippen molar-refractivity contribution >= 4 is 17.7 Å². The highest BCUT2D eigenvalue weighted by molar-refractivity contribution is 7.99. The van der Waals surface area contributed by atoms with Gasteiger partial charge in [-0.15, -0.1) is 10.2 Å². The van der Waals surface area contributed by atoms with Crippen LogP contribution in [0.25, 0.3) is 0 Å². The zero-order valence-corrected chi connectivity index (χ0v) is 7.22. The lowest BCUT2D eigenvalue weighted by atomic mass is 10.8. The Kier molecular flexibility index (Phi) is 3.06. The van der Waals surface area contributed by atoms with Crippen LogP contribution in [0, 0.1) is 6.92 Å². The first-order valence-corrected chi connectivity index (χ1v) is 4.13. The normalized spacial score (nSPS) is 9.83. The van der Waals surface area contributed by atoms with Crippen LogP contribution >= 0.6 is 11.8 Å². The average Bonchev–Trinajstić information content (AvgIpc) is 2.47. The van der Waals surface area contributed by atoms with Crippen LogP contribution in [0.4, 0.5) is 0 Å². The molecule has 1 heterocycles. The Balaban J connectivity index is 2.38. The summed E-state index contributed by atoms with van der Waals surface area (Å²) in [6, 6.07) is 0. The third kappa shape index (κ3) is 2.51. The Morgan fingerprint density at radius 1 is 1.75 bits per heavy atom. The molecule has 12 heavy (non-hydrogen) atoms. The van der Waals surface area contributed by atoms with Gasteiger partial charge in [-0.25, -0.2) is 5.84 Å². The Morgan fingerprint density at radius 2 is 2.50 bits per heavy atom. The highest BCUT2D eigenvalue weighted by Gasteiger charge is 2.05. The van der Waals surface area contributed by atoms with E-state index in [0.717, 1.165) is 11.8 Å². The zero-order valence-electron chi connectivity index (χ0n) is 6.40. The van der Waals surface area contributed by atoms with Crippen molar-refractivity contribution < 1.29 is 9.21 Å². The summed E-state index contributed by atoms with van der Waals surface area (Å²) in [5.74, 6) is 5.24. The van der Waals surface area contributed by atoms with Crippen LogP contribution in [0.15, 0.2) is 9.64 Å². The second-order valence-corrected chi connectivity index (χ2v) is 2.87. The van der Waals surface area contributed by atoms with E-state index in [1.54, 1.807) is 6.92 Å². The molecule has 1 rings (SSSR count). The molecule has 0 spiro atoms. The first-order valence-electron chi connectivity index (χ1n) is 3.14. The summed E-state index contributed by atoms with van der Waals surface area (Å²) in [6.07, 6.45) is 0. The van der Waals surface area contributed by atoms with Crippen molar-refractivity contribution in [2.24, 2.45) is 5.84 Å². The van der Waals surface area contributed by atoms with E-state index in [1.807, 2.05) is 5.43 Å². The van der Waals surface area contributed by atoms with Gasteiger partial charge in [0.1, 0.15) is 0 Å². The van der Waals surface area contributed by atoms with Gasteiger partial charge in [0.2, 0.25) is 11.8 Å². The molecule has 66 valence electrons. The Bertz CT molecular complexity index is 274.